The molecule has 0 aliphatic heterocycles. The van der Waals surface area contributed by atoms with Crippen molar-refractivity contribution >= 4 is 5.91 Å². The maximum atomic E-state index is 11.9. The van der Waals surface area contributed by atoms with Gasteiger partial charge in [0.1, 0.15) is 5.82 Å². The predicted octanol–water partition coefficient (Wildman–Crippen LogP) is 1.72. The lowest BCUT2D eigenvalue weighted by atomic mass is 9.90. The van der Waals surface area contributed by atoms with Gasteiger partial charge in [0.15, 0.2) is 0 Å². The third-order valence-corrected chi connectivity index (χ3v) is 2.96. The van der Waals surface area contributed by atoms with Crippen LogP contribution in [0.3, 0.4) is 0 Å². The molecule has 0 bridgehead atoms. The van der Waals surface area contributed by atoms with Crippen LogP contribution in [-0.2, 0) is 4.74 Å². The summed E-state index contributed by atoms with van der Waals surface area (Å²) in [7, 11) is 1.68. The summed E-state index contributed by atoms with van der Waals surface area (Å²) in [5.74, 6) is 0.913. The number of rotatable bonds is 7. The Hall–Kier alpha value is -1.43. The van der Waals surface area contributed by atoms with Crippen molar-refractivity contribution in [3.63, 3.8) is 0 Å². The minimum atomic E-state index is -0.242. The van der Waals surface area contributed by atoms with E-state index in [1.807, 2.05) is 13.8 Å². The fourth-order valence-corrected chi connectivity index (χ4v) is 1.50. The number of carbonyl (C=O) groups excluding carboxylic acids is 1. The smallest absolute Gasteiger partial charge is 0.290 e. The molecule has 1 heterocycles. The van der Waals surface area contributed by atoms with E-state index in [0.29, 0.717) is 13.2 Å². The number of hydrogen-bond donors (Lipinski definition) is 2. The number of methoxy groups -OCH3 is 1. The molecule has 0 aromatic carbocycles. The van der Waals surface area contributed by atoms with Crippen molar-refractivity contribution in [2.45, 2.75) is 40.0 Å². The van der Waals surface area contributed by atoms with Gasteiger partial charge in [-0.05, 0) is 11.8 Å². The van der Waals surface area contributed by atoms with Crippen molar-refractivity contribution in [3.8, 4) is 0 Å². The van der Waals surface area contributed by atoms with Crippen LogP contribution in [0.25, 0.3) is 0 Å². The van der Waals surface area contributed by atoms with Crippen molar-refractivity contribution in [2.75, 3.05) is 20.3 Å². The number of nitrogens with zero attached hydrogens (tertiary/aromatic N) is 2. The predicted molar refractivity (Wildman–Crippen MR) is 73.1 cm³/mol. The van der Waals surface area contributed by atoms with Gasteiger partial charge < -0.3 is 10.1 Å². The number of hydrogen-bond acceptors (Lipinski definition) is 4. The molecule has 1 aromatic rings. The molecule has 0 radical (unpaired) electrons. The van der Waals surface area contributed by atoms with E-state index in [1.165, 1.54) is 0 Å². The van der Waals surface area contributed by atoms with Crippen LogP contribution in [0.1, 0.15) is 56.5 Å². The van der Waals surface area contributed by atoms with Gasteiger partial charge in [0.2, 0.25) is 5.82 Å². The second kappa shape index (κ2) is 6.65. The van der Waals surface area contributed by atoms with E-state index >= 15 is 0 Å². The molecule has 1 amide bonds. The van der Waals surface area contributed by atoms with Crippen molar-refractivity contribution in [2.24, 2.45) is 5.41 Å². The highest BCUT2D eigenvalue weighted by atomic mass is 16.5. The SMILES string of the molecule is COCCC(C)(C)CNC(=O)c1n[nH]c(C(C)C)n1. The van der Waals surface area contributed by atoms with E-state index in [9.17, 15) is 4.79 Å². The summed E-state index contributed by atoms with van der Waals surface area (Å²) >= 11 is 0. The summed E-state index contributed by atoms with van der Waals surface area (Å²) < 4.78 is 5.06. The number of aromatic amines is 1. The van der Waals surface area contributed by atoms with Crippen molar-refractivity contribution < 1.29 is 9.53 Å². The van der Waals surface area contributed by atoms with Crippen LogP contribution in [0.5, 0.6) is 0 Å². The van der Waals surface area contributed by atoms with E-state index in [1.54, 1.807) is 7.11 Å². The number of amides is 1. The second-order valence-corrected chi connectivity index (χ2v) is 5.79. The minimum Gasteiger partial charge on any atom is -0.385 e. The second-order valence-electron chi connectivity index (χ2n) is 5.79. The van der Waals surface area contributed by atoms with Gasteiger partial charge in [-0.2, -0.15) is 0 Å². The third kappa shape index (κ3) is 4.98. The fourth-order valence-electron chi connectivity index (χ4n) is 1.50. The first-order valence-corrected chi connectivity index (χ1v) is 6.55. The van der Waals surface area contributed by atoms with Gasteiger partial charge in [-0.15, -0.1) is 5.10 Å². The lowest BCUT2D eigenvalue weighted by molar-refractivity contribution is 0.0911. The molecule has 0 fully saturated rings. The van der Waals surface area contributed by atoms with Crippen LogP contribution in [0, 0.1) is 5.41 Å². The number of ether oxygens (including phenoxy) is 1. The van der Waals surface area contributed by atoms with Crippen LogP contribution >= 0.6 is 0 Å². The lowest BCUT2D eigenvalue weighted by Gasteiger charge is -2.24. The van der Waals surface area contributed by atoms with Gasteiger partial charge in [-0.3, -0.25) is 9.89 Å². The monoisotopic (exact) mass is 268 g/mol. The Kier molecular flexibility index (Phi) is 5.47. The van der Waals surface area contributed by atoms with Crippen LogP contribution in [0.15, 0.2) is 0 Å². The number of nitrogens with one attached hydrogen (secondary N) is 2. The number of H-pyrrole nitrogens is 1. The lowest BCUT2D eigenvalue weighted by Crippen LogP contribution is -2.35. The highest BCUT2D eigenvalue weighted by Gasteiger charge is 2.20. The summed E-state index contributed by atoms with van der Waals surface area (Å²) in [5.41, 5.74) is -0.0111. The van der Waals surface area contributed by atoms with Crippen LogP contribution in [0.2, 0.25) is 0 Å². The summed E-state index contributed by atoms with van der Waals surface area (Å²) in [5, 5.41) is 9.56. The summed E-state index contributed by atoms with van der Waals surface area (Å²) in [6, 6.07) is 0. The molecule has 0 aliphatic rings. The molecule has 0 spiro atoms. The van der Waals surface area contributed by atoms with Crippen molar-refractivity contribution in [3.05, 3.63) is 11.6 Å². The van der Waals surface area contributed by atoms with Crippen LogP contribution in [-0.4, -0.2) is 41.3 Å². The molecule has 0 aliphatic carbocycles. The molecule has 1 aromatic heterocycles. The molecular formula is C13H24N4O2. The molecule has 19 heavy (non-hydrogen) atoms. The molecular weight excluding hydrogens is 244 g/mol. The molecule has 0 atom stereocenters. The quantitative estimate of drug-likeness (QED) is 0.789. The zero-order valence-electron chi connectivity index (χ0n) is 12.4. The van der Waals surface area contributed by atoms with E-state index in [4.69, 9.17) is 4.74 Å². The minimum absolute atomic E-state index is 0.0111. The van der Waals surface area contributed by atoms with E-state index in [-0.39, 0.29) is 23.1 Å². The summed E-state index contributed by atoms with van der Waals surface area (Å²) in [4.78, 5) is 16.1. The number of aromatic nitrogens is 3. The number of carbonyl (C=O) groups is 1. The zero-order valence-corrected chi connectivity index (χ0v) is 12.4. The third-order valence-electron chi connectivity index (χ3n) is 2.96. The molecule has 6 heteroatoms. The molecule has 2 N–H and O–H groups in total. The van der Waals surface area contributed by atoms with Crippen LogP contribution < -0.4 is 5.32 Å². The van der Waals surface area contributed by atoms with Gasteiger partial charge in [0.05, 0.1) is 0 Å². The van der Waals surface area contributed by atoms with Gasteiger partial charge in [-0.1, -0.05) is 27.7 Å². The largest absolute Gasteiger partial charge is 0.385 e. The maximum absolute atomic E-state index is 11.9. The van der Waals surface area contributed by atoms with Crippen molar-refractivity contribution in [1.82, 2.24) is 20.5 Å². The van der Waals surface area contributed by atoms with Gasteiger partial charge >= 0.3 is 0 Å². The Morgan fingerprint density at radius 1 is 1.47 bits per heavy atom. The normalized spacial score (nSPS) is 11.9. The highest BCUT2D eigenvalue weighted by molar-refractivity contribution is 5.90. The Bertz CT molecular complexity index is 413. The Morgan fingerprint density at radius 2 is 2.16 bits per heavy atom. The Morgan fingerprint density at radius 3 is 2.68 bits per heavy atom. The molecule has 0 unspecified atom stereocenters. The molecule has 0 saturated heterocycles. The van der Waals surface area contributed by atoms with Crippen molar-refractivity contribution in [1.29, 1.82) is 0 Å². The van der Waals surface area contributed by atoms with E-state index < -0.39 is 0 Å². The highest BCUT2D eigenvalue weighted by Crippen LogP contribution is 2.18. The van der Waals surface area contributed by atoms with E-state index in [2.05, 4.69) is 34.3 Å². The van der Waals surface area contributed by atoms with E-state index in [0.717, 1.165) is 12.2 Å². The van der Waals surface area contributed by atoms with Gasteiger partial charge in [0.25, 0.3) is 5.91 Å². The summed E-state index contributed by atoms with van der Waals surface area (Å²) in [6.45, 7) is 9.42. The first-order chi connectivity index (χ1) is 8.85. The van der Waals surface area contributed by atoms with Gasteiger partial charge in [0, 0.05) is 26.2 Å². The summed E-state index contributed by atoms with van der Waals surface area (Å²) in [6.07, 6.45) is 0.884. The average molecular weight is 268 g/mol. The zero-order chi connectivity index (χ0) is 14.5. The fraction of sp³-hybridized carbons (Fsp3) is 0.769. The first-order valence-electron chi connectivity index (χ1n) is 6.55. The maximum Gasteiger partial charge on any atom is 0.290 e. The average Bonchev–Trinajstić information content (AvgIpc) is 2.83. The molecule has 6 nitrogen and oxygen atoms in total. The Balaban J connectivity index is 2.50. The molecule has 1 rings (SSSR count). The molecule has 108 valence electrons. The standard InChI is InChI=1S/C13H24N4O2/c1-9(2)10-15-11(17-16-10)12(18)14-8-13(3,4)6-7-19-5/h9H,6-8H2,1-5H3,(H,14,18)(H,15,16,17). The topological polar surface area (TPSA) is 79.9 Å². The van der Waals surface area contributed by atoms with Gasteiger partial charge in [-0.25, -0.2) is 4.98 Å². The molecule has 0 saturated carbocycles. The Labute approximate surface area is 114 Å². The van der Waals surface area contributed by atoms with Crippen LogP contribution in [0.4, 0.5) is 0 Å². The first kappa shape index (κ1) is 15.6.